The second-order valence-electron chi connectivity index (χ2n) is 7.48. The third kappa shape index (κ3) is 18.4. The quantitative estimate of drug-likeness (QED) is 0.0633. The zero-order valence-corrected chi connectivity index (χ0v) is 25.1. The zero-order valence-electron chi connectivity index (χ0n) is 21.5. The summed E-state index contributed by atoms with van der Waals surface area (Å²) in [7, 11) is 0. The molecule has 3 aromatic rings. The van der Waals surface area contributed by atoms with Gasteiger partial charge in [0.25, 0.3) is 0 Å². The van der Waals surface area contributed by atoms with Crippen LogP contribution >= 0.6 is 12.0 Å². The zero-order chi connectivity index (χ0) is 29.1. The smallest absolute Gasteiger partial charge is 0 e. The van der Waals surface area contributed by atoms with Crippen molar-refractivity contribution in [3.8, 4) is 0 Å². The minimum atomic E-state index is 0. The standard InChI is InChI=1S/C24H29N5O3S.3CO.Re/c25-31-32-33-23-12-10-20(11-13-23)17-28-24(30)9-3-6-16-29(18-21-7-1-4-14-26-21)19-22-8-2-5-15-27-22;3*1-2;/h1-2,4-5,7-8,10-15H,3,6,9,16-19,25H2,(H,28,30);;;;. The van der Waals surface area contributed by atoms with E-state index in [-0.39, 0.29) is 26.3 Å². The summed E-state index contributed by atoms with van der Waals surface area (Å²) in [6.07, 6.45) is 5.86. The van der Waals surface area contributed by atoms with Gasteiger partial charge in [-0.15, -0.1) is 9.32 Å². The van der Waals surface area contributed by atoms with Crippen LogP contribution in [0.25, 0.3) is 0 Å². The molecule has 2 aromatic heterocycles. The van der Waals surface area contributed by atoms with Crippen LogP contribution in [0.2, 0.25) is 0 Å². The first-order valence-electron chi connectivity index (χ1n) is 11.4. The molecule has 3 N–H and O–H groups in total. The molecule has 0 atom stereocenters. The summed E-state index contributed by atoms with van der Waals surface area (Å²) in [5, 5.41) is 2.97. The van der Waals surface area contributed by atoms with Gasteiger partial charge in [-0.05, 0) is 61.3 Å². The van der Waals surface area contributed by atoms with E-state index < -0.39 is 0 Å². The Labute approximate surface area is 252 Å². The minimum Gasteiger partial charge on any atom is 0 e. The Bertz CT molecular complexity index is 1030. The second-order valence-corrected chi connectivity index (χ2v) is 8.25. The Morgan fingerprint density at radius 1 is 0.875 bits per heavy atom. The van der Waals surface area contributed by atoms with Crippen molar-refractivity contribution in [2.24, 2.45) is 5.90 Å². The van der Waals surface area contributed by atoms with E-state index in [0.29, 0.717) is 13.0 Å². The van der Waals surface area contributed by atoms with E-state index in [2.05, 4.69) is 49.5 Å². The van der Waals surface area contributed by atoms with E-state index in [1.165, 1.54) is 0 Å². The Hall–Kier alpha value is -2.94. The molecule has 0 bridgehead atoms. The number of nitrogens with two attached hydrogens (primary N) is 1. The van der Waals surface area contributed by atoms with Crippen molar-refractivity contribution in [1.29, 1.82) is 0 Å². The molecule has 0 fully saturated rings. The van der Waals surface area contributed by atoms with Crippen LogP contribution in [0.15, 0.2) is 78.0 Å². The number of amides is 1. The fourth-order valence-corrected chi connectivity index (χ4v) is 3.65. The summed E-state index contributed by atoms with van der Waals surface area (Å²) in [6.45, 7) is 16.4. The van der Waals surface area contributed by atoms with Gasteiger partial charge in [-0.1, -0.05) is 24.3 Å². The predicted molar refractivity (Wildman–Crippen MR) is 139 cm³/mol. The van der Waals surface area contributed by atoms with E-state index in [9.17, 15) is 4.79 Å². The minimum absolute atomic E-state index is 0. The van der Waals surface area contributed by atoms with Crippen LogP contribution in [0.5, 0.6) is 0 Å². The summed E-state index contributed by atoms with van der Waals surface area (Å²) in [5.74, 6) is 4.87. The third-order valence-electron chi connectivity index (χ3n) is 4.93. The SMILES string of the molecule is NOOSc1ccc(CNC(=O)CCCCN(Cc2ccccn2)Cc2ccccn2)cc1.[C-]#[O+].[C-]#[O+].[C-]#[O+].[Re]. The number of aromatic nitrogens is 2. The van der Waals surface area contributed by atoms with Gasteiger partial charge in [0, 0.05) is 63.8 Å². The van der Waals surface area contributed by atoms with Gasteiger partial charge in [0.2, 0.25) is 5.91 Å². The fraction of sp³-hybridized carbons (Fsp3) is 0.259. The molecule has 0 aliphatic rings. The summed E-state index contributed by atoms with van der Waals surface area (Å²) < 4.78 is 27.1. The normalized spacial score (nSPS) is 9.20. The average molecular weight is 738 g/mol. The van der Waals surface area contributed by atoms with Crippen molar-refractivity contribution in [3.63, 3.8) is 0 Å². The molecule has 0 saturated heterocycles. The number of carbonyl (C=O) groups is 1. The van der Waals surface area contributed by atoms with Crippen molar-refractivity contribution in [3.05, 3.63) is 110 Å². The summed E-state index contributed by atoms with van der Waals surface area (Å²) in [4.78, 5) is 28.4. The van der Waals surface area contributed by atoms with Gasteiger partial charge in [0.1, 0.15) is 0 Å². The molecule has 2 heterocycles. The fourth-order valence-electron chi connectivity index (χ4n) is 3.29. The number of hydrogen-bond donors (Lipinski definition) is 2. The van der Waals surface area contributed by atoms with Crippen molar-refractivity contribution < 1.29 is 48.5 Å². The van der Waals surface area contributed by atoms with Crippen LogP contribution < -0.4 is 11.2 Å². The number of nitrogens with zero attached hydrogens (tertiary/aromatic N) is 3. The third-order valence-corrected chi connectivity index (χ3v) is 5.55. The van der Waals surface area contributed by atoms with Gasteiger partial charge < -0.3 is 5.32 Å². The molecule has 211 valence electrons. The molecule has 0 aliphatic carbocycles. The van der Waals surface area contributed by atoms with Gasteiger partial charge in [0.05, 0.1) is 23.4 Å². The monoisotopic (exact) mass is 738 g/mol. The van der Waals surface area contributed by atoms with Gasteiger partial charge in [-0.25, -0.2) is 0 Å². The molecule has 1 amide bonds. The maximum atomic E-state index is 12.3. The van der Waals surface area contributed by atoms with E-state index in [1.54, 1.807) is 0 Å². The first-order chi connectivity index (χ1) is 19.2. The van der Waals surface area contributed by atoms with Crippen LogP contribution in [-0.4, -0.2) is 27.3 Å². The molecular formula is C27H29N5O6ReS. The Morgan fingerprint density at radius 2 is 1.43 bits per heavy atom. The van der Waals surface area contributed by atoms with Crippen LogP contribution in [-0.2, 0) is 68.1 Å². The van der Waals surface area contributed by atoms with E-state index >= 15 is 0 Å². The van der Waals surface area contributed by atoms with Crippen molar-refractivity contribution in [1.82, 2.24) is 20.2 Å². The topological polar surface area (TPSA) is 162 Å². The summed E-state index contributed by atoms with van der Waals surface area (Å²) >= 11 is 1.02. The second kappa shape index (κ2) is 27.6. The van der Waals surface area contributed by atoms with Crippen LogP contribution in [0.1, 0.15) is 36.2 Å². The van der Waals surface area contributed by atoms with Crippen LogP contribution in [0.3, 0.4) is 0 Å². The van der Waals surface area contributed by atoms with Crippen molar-refractivity contribution in [2.75, 3.05) is 6.54 Å². The van der Waals surface area contributed by atoms with Gasteiger partial charge in [-0.2, -0.15) is 5.90 Å². The first-order valence-corrected chi connectivity index (χ1v) is 12.2. The predicted octanol–water partition coefficient (Wildman–Crippen LogP) is 3.68. The molecule has 0 spiro atoms. The summed E-state index contributed by atoms with van der Waals surface area (Å²) in [5.41, 5.74) is 3.06. The number of unbranched alkanes of at least 4 members (excludes halogenated alkanes) is 1. The Balaban J connectivity index is 0. The number of rotatable bonds is 14. The first kappa shape index (κ1) is 39.2. The number of pyridine rings is 2. The number of nitrogens with one attached hydrogen (secondary N) is 1. The molecule has 13 heteroatoms. The molecule has 11 nitrogen and oxygen atoms in total. The molecule has 0 saturated carbocycles. The summed E-state index contributed by atoms with van der Waals surface area (Å²) in [6, 6.07) is 19.5. The Morgan fingerprint density at radius 3 is 1.90 bits per heavy atom. The van der Waals surface area contributed by atoms with E-state index in [0.717, 1.165) is 66.4 Å². The van der Waals surface area contributed by atoms with E-state index in [4.69, 9.17) is 19.9 Å². The molecular weight excluding hydrogens is 709 g/mol. The molecule has 0 unspecified atom stereocenters. The van der Waals surface area contributed by atoms with E-state index in [1.807, 2.05) is 73.1 Å². The van der Waals surface area contributed by atoms with Gasteiger partial charge in [0.15, 0.2) is 0 Å². The average Bonchev–Trinajstić information content (AvgIpc) is 3.01. The van der Waals surface area contributed by atoms with Gasteiger partial charge >= 0.3 is 33.9 Å². The maximum absolute atomic E-state index is 12.3. The number of carbonyl (C=O) groups excluding carboxylic acids is 1. The molecule has 40 heavy (non-hydrogen) atoms. The Kier molecular flexibility index (Phi) is 27.1. The number of hydrogen-bond acceptors (Lipinski definition) is 8. The van der Waals surface area contributed by atoms with Crippen LogP contribution in [0.4, 0.5) is 0 Å². The number of benzene rings is 1. The van der Waals surface area contributed by atoms with Gasteiger partial charge in [-0.3, -0.25) is 19.7 Å². The van der Waals surface area contributed by atoms with Crippen molar-refractivity contribution in [2.45, 2.75) is 43.8 Å². The largest absolute Gasteiger partial charge is 0 e. The molecule has 0 aliphatic heterocycles. The molecule has 1 aromatic carbocycles. The van der Waals surface area contributed by atoms with Crippen molar-refractivity contribution >= 4 is 17.9 Å². The maximum Gasteiger partial charge on any atom is 0 e. The van der Waals surface area contributed by atoms with Crippen LogP contribution in [0, 0.1) is 20.0 Å². The molecule has 1 radical (unpaired) electrons. The molecule has 3 rings (SSSR count).